The summed E-state index contributed by atoms with van der Waals surface area (Å²) in [6, 6.07) is 2.17. The highest BCUT2D eigenvalue weighted by Crippen LogP contribution is 2.45. The number of nitrogens with zero attached hydrogens (tertiary/aromatic N) is 7. The molecule has 1 aromatic carbocycles. The average Bonchev–Trinajstić information content (AvgIpc) is 3.57. The fraction of sp³-hybridized carbons (Fsp3) is 0.560. The van der Waals surface area contributed by atoms with Gasteiger partial charge in [0.25, 0.3) is 5.92 Å². The van der Waals surface area contributed by atoms with E-state index in [1.54, 1.807) is 0 Å². The van der Waals surface area contributed by atoms with E-state index >= 15 is 4.39 Å². The molecule has 2 saturated heterocycles. The number of rotatable bonds is 6. The lowest BCUT2D eigenvalue weighted by Gasteiger charge is -2.47. The number of aryl methyl sites for hydroxylation is 1. The summed E-state index contributed by atoms with van der Waals surface area (Å²) in [7, 11) is 1.47. The van der Waals surface area contributed by atoms with E-state index in [1.165, 1.54) is 19.2 Å². The van der Waals surface area contributed by atoms with Gasteiger partial charge in [-0.05, 0) is 73.6 Å². The molecule has 14 heteroatoms. The van der Waals surface area contributed by atoms with Crippen molar-refractivity contribution in [3.63, 3.8) is 0 Å². The molecule has 6 rings (SSSR count). The first kappa shape index (κ1) is 25.7. The van der Waals surface area contributed by atoms with Crippen LogP contribution in [0.1, 0.15) is 57.4 Å². The van der Waals surface area contributed by atoms with E-state index in [9.17, 15) is 18.0 Å². The second-order valence-electron chi connectivity index (χ2n) is 11.4. The van der Waals surface area contributed by atoms with Crippen molar-refractivity contribution in [2.45, 2.75) is 75.4 Å². The Balaban J connectivity index is 1.26. The van der Waals surface area contributed by atoms with Crippen LogP contribution in [0.25, 0.3) is 5.69 Å². The van der Waals surface area contributed by atoms with Gasteiger partial charge in [0.1, 0.15) is 5.82 Å². The molecular weight excluding hydrogens is 518 g/mol. The Morgan fingerprint density at radius 3 is 2.54 bits per heavy atom. The molecule has 10 nitrogen and oxygen atoms in total. The molecule has 3 aromatic rings. The van der Waals surface area contributed by atoms with Crippen LogP contribution >= 0.6 is 0 Å². The van der Waals surface area contributed by atoms with Gasteiger partial charge < -0.3 is 10.6 Å². The second-order valence-corrected chi connectivity index (χ2v) is 11.4. The molecule has 2 aromatic heterocycles. The van der Waals surface area contributed by atoms with Crippen molar-refractivity contribution in [1.29, 1.82) is 0 Å². The van der Waals surface area contributed by atoms with Gasteiger partial charge >= 0.3 is 5.69 Å². The molecule has 1 aliphatic carbocycles. The van der Waals surface area contributed by atoms with Crippen LogP contribution in [-0.4, -0.2) is 64.7 Å². The largest absolute Gasteiger partial charge is 0.368 e. The number of anilines is 3. The molecular formula is C25H29F4N9O. The van der Waals surface area contributed by atoms with E-state index in [2.05, 4.69) is 31.0 Å². The Morgan fingerprint density at radius 1 is 1.08 bits per heavy atom. The first-order valence-corrected chi connectivity index (χ1v) is 12.9. The van der Waals surface area contributed by atoms with Gasteiger partial charge in [-0.1, -0.05) is 0 Å². The molecule has 2 atom stereocenters. The van der Waals surface area contributed by atoms with E-state index < -0.39 is 28.8 Å². The van der Waals surface area contributed by atoms with Crippen molar-refractivity contribution in [1.82, 2.24) is 34.7 Å². The van der Waals surface area contributed by atoms with Gasteiger partial charge in [-0.15, -0.1) is 0 Å². The van der Waals surface area contributed by atoms with Gasteiger partial charge in [-0.25, -0.2) is 27.3 Å². The van der Waals surface area contributed by atoms with Crippen LogP contribution in [0.5, 0.6) is 0 Å². The minimum atomic E-state index is -2.75. The molecule has 1 saturated carbocycles. The van der Waals surface area contributed by atoms with Crippen molar-refractivity contribution in [2.24, 2.45) is 7.05 Å². The van der Waals surface area contributed by atoms with Crippen LogP contribution in [-0.2, 0) is 7.05 Å². The molecule has 4 heterocycles. The topological polar surface area (TPSA) is 106 Å². The lowest BCUT2D eigenvalue weighted by atomic mass is 9.84. The molecule has 208 valence electrons. The zero-order chi connectivity index (χ0) is 27.7. The fourth-order valence-corrected chi connectivity index (χ4v) is 5.94. The van der Waals surface area contributed by atoms with E-state index in [0.717, 1.165) is 28.4 Å². The van der Waals surface area contributed by atoms with Gasteiger partial charge in [-0.3, -0.25) is 4.90 Å². The van der Waals surface area contributed by atoms with Crippen molar-refractivity contribution < 1.29 is 17.6 Å². The monoisotopic (exact) mass is 547 g/mol. The summed E-state index contributed by atoms with van der Waals surface area (Å²) in [4.78, 5) is 22.5. The van der Waals surface area contributed by atoms with Crippen molar-refractivity contribution in [3.8, 4) is 5.69 Å². The molecule has 2 N–H and O–H groups in total. The molecule has 0 bridgehead atoms. The third-order valence-corrected chi connectivity index (χ3v) is 7.87. The number of nitrogens with one attached hydrogen (secondary N) is 2. The number of aromatic nitrogens is 6. The third kappa shape index (κ3) is 4.85. The van der Waals surface area contributed by atoms with Crippen LogP contribution < -0.4 is 16.3 Å². The van der Waals surface area contributed by atoms with Crippen molar-refractivity contribution in [3.05, 3.63) is 46.0 Å². The standard InChI is InChI=1S/C25H29F4N9O/c1-24(2)9-14(6-15-10-25(28,29)12-37(15)24)31-21-18(27)11-30-22(33-21)32-19-8-20(38-23(39)36(3)34-35-38)16(7-17(19)26)13-4-5-13/h7-8,11,13-15H,4-6,9-10,12H2,1-3H3,(H2,30,31,32,33). The number of hydrogen-bond donors (Lipinski definition) is 2. The normalized spacial score (nSPS) is 24.0. The summed E-state index contributed by atoms with van der Waals surface area (Å²) < 4.78 is 60.3. The fourth-order valence-electron chi connectivity index (χ4n) is 5.94. The second kappa shape index (κ2) is 9.00. The lowest BCUT2D eigenvalue weighted by Crippen LogP contribution is -2.55. The predicted octanol–water partition coefficient (Wildman–Crippen LogP) is 3.72. The Bertz CT molecular complexity index is 1480. The Morgan fingerprint density at radius 2 is 1.85 bits per heavy atom. The Hall–Kier alpha value is -3.55. The highest BCUT2D eigenvalue weighted by atomic mass is 19.3. The van der Waals surface area contributed by atoms with Crippen LogP contribution in [0, 0.1) is 11.6 Å². The summed E-state index contributed by atoms with van der Waals surface area (Å²) in [5.41, 5.74) is 0.0312. The lowest BCUT2D eigenvalue weighted by molar-refractivity contribution is -0.00687. The van der Waals surface area contributed by atoms with Crippen LogP contribution in [0.15, 0.2) is 23.1 Å². The molecule has 2 aliphatic heterocycles. The van der Waals surface area contributed by atoms with E-state index in [4.69, 9.17) is 0 Å². The summed E-state index contributed by atoms with van der Waals surface area (Å²) in [6.45, 7) is 3.54. The summed E-state index contributed by atoms with van der Waals surface area (Å²) in [5, 5.41) is 13.5. The van der Waals surface area contributed by atoms with Crippen LogP contribution in [0.3, 0.4) is 0 Å². The van der Waals surface area contributed by atoms with Gasteiger partial charge in [0.15, 0.2) is 11.6 Å². The number of hydrogen-bond acceptors (Lipinski definition) is 8. The van der Waals surface area contributed by atoms with Crippen LogP contribution in [0.2, 0.25) is 0 Å². The number of fused-ring (bicyclic) bond motifs is 1. The molecule has 3 fully saturated rings. The van der Waals surface area contributed by atoms with Crippen molar-refractivity contribution >= 4 is 17.5 Å². The first-order valence-electron chi connectivity index (χ1n) is 12.9. The molecule has 2 unspecified atom stereocenters. The third-order valence-electron chi connectivity index (χ3n) is 7.87. The van der Waals surface area contributed by atoms with Gasteiger partial charge in [0.2, 0.25) is 5.95 Å². The SMILES string of the molecule is Cn1nnn(-c2cc(Nc3ncc(F)c(NC4CC5CC(F)(F)CN5C(C)(C)C4)n3)c(F)cc2C2CC2)c1=O. The number of tetrazole rings is 1. The smallest absolute Gasteiger partial charge is 0.365 e. The number of piperidine rings is 1. The quantitative estimate of drug-likeness (QED) is 0.450. The summed E-state index contributed by atoms with van der Waals surface area (Å²) >= 11 is 0. The van der Waals surface area contributed by atoms with Gasteiger partial charge in [0.05, 0.1) is 24.1 Å². The maximum atomic E-state index is 15.1. The number of halogens is 4. The van der Waals surface area contributed by atoms with Gasteiger partial charge in [-0.2, -0.15) is 14.3 Å². The van der Waals surface area contributed by atoms with Crippen molar-refractivity contribution in [2.75, 3.05) is 17.2 Å². The maximum absolute atomic E-state index is 15.1. The Labute approximate surface area is 221 Å². The van der Waals surface area contributed by atoms with E-state index in [-0.39, 0.29) is 48.4 Å². The zero-order valence-electron chi connectivity index (χ0n) is 21.8. The summed E-state index contributed by atoms with van der Waals surface area (Å²) in [6.07, 6.45) is 3.41. The molecule has 0 spiro atoms. The van der Waals surface area contributed by atoms with Gasteiger partial charge in [0, 0.05) is 31.1 Å². The zero-order valence-corrected chi connectivity index (χ0v) is 21.8. The molecule has 39 heavy (non-hydrogen) atoms. The minimum absolute atomic E-state index is 0.0212. The van der Waals surface area contributed by atoms with Crippen LogP contribution in [0.4, 0.5) is 35.0 Å². The number of alkyl halides is 2. The van der Waals surface area contributed by atoms with E-state index in [0.29, 0.717) is 24.1 Å². The summed E-state index contributed by atoms with van der Waals surface area (Å²) in [5.74, 6) is -4.11. The maximum Gasteiger partial charge on any atom is 0.368 e. The molecule has 0 radical (unpaired) electrons. The highest BCUT2D eigenvalue weighted by Gasteiger charge is 2.53. The average molecular weight is 548 g/mol. The first-order chi connectivity index (χ1) is 18.4. The molecule has 0 amide bonds. The Kier molecular flexibility index (Phi) is 5.93. The number of benzene rings is 1. The molecule has 3 aliphatic rings. The minimum Gasteiger partial charge on any atom is -0.365 e. The van der Waals surface area contributed by atoms with E-state index in [1.807, 2.05) is 18.7 Å². The highest BCUT2D eigenvalue weighted by molar-refractivity contribution is 5.62. The predicted molar refractivity (Wildman–Crippen MR) is 135 cm³/mol.